The van der Waals surface area contributed by atoms with E-state index in [0.717, 1.165) is 12.8 Å². The average Bonchev–Trinajstić information content (AvgIpc) is 3.10. The van der Waals surface area contributed by atoms with Crippen molar-refractivity contribution in [3.63, 3.8) is 0 Å². The lowest BCUT2D eigenvalue weighted by molar-refractivity contribution is -0.234. The van der Waals surface area contributed by atoms with Gasteiger partial charge in [-0.05, 0) is 32.6 Å². The van der Waals surface area contributed by atoms with Crippen LogP contribution in [0.2, 0.25) is 0 Å². The highest BCUT2D eigenvalue weighted by molar-refractivity contribution is 6.02. The molecule has 0 aromatic carbocycles. The molecule has 3 fully saturated rings. The van der Waals surface area contributed by atoms with Crippen molar-refractivity contribution in [2.24, 2.45) is 29.6 Å². The number of rotatable bonds is 2. The van der Waals surface area contributed by atoms with E-state index in [0.29, 0.717) is 29.0 Å². The molecule has 2 aliphatic heterocycles. The number of fused-ring (bicyclic) bond motifs is 3. The summed E-state index contributed by atoms with van der Waals surface area (Å²) in [5.74, 6) is -0.0611. The van der Waals surface area contributed by atoms with Crippen LogP contribution in [0.1, 0.15) is 26.7 Å². The highest BCUT2D eigenvalue weighted by atomic mass is 16.7. The molecule has 6 aliphatic rings. The van der Waals surface area contributed by atoms with Crippen molar-refractivity contribution < 1.29 is 23.9 Å². The molecule has 4 aliphatic carbocycles. The number of hydrogen-bond acceptors (Lipinski definition) is 6. The maximum atomic E-state index is 12.5. The van der Waals surface area contributed by atoms with Gasteiger partial charge in [-0.3, -0.25) is 4.84 Å². The van der Waals surface area contributed by atoms with E-state index in [-0.39, 0.29) is 29.4 Å². The van der Waals surface area contributed by atoms with Crippen molar-refractivity contribution in [3.05, 3.63) is 23.3 Å². The third-order valence-corrected chi connectivity index (χ3v) is 7.40. The molecule has 1 unspecified atom stereocenters. The van der Waals surface area contributed by atoms with E-state index in [1.165, 1.54) is 14.2 Å². The zero-order valence-corrected chi connectivity index (χ0v) is 15.6. The van der Waals surface area contributed by atoms with Crippen LogP contribution in [0, 0.1) is 29.6 Å². The van der Waals surface area contributed by atoms with Crippen LogP contribution in [-0.2, 0) is 23.9 Å². The standard InChI is InChI=1S/C20H25NO5/c1-20(2)8-7-11-16-12-9-5-6-10(13(12)17(16)26-21(11)20)15(19(23)25-4)14(9)18(22)24-3/h5-6,9-13,16-17H,7-8H2,1-4H3/t9-,10+,11?,12+,13-,16-,17+/m1/s1. The van der Waals surface area contributed by atoms with Gasteiger partial charge in [0.15, 0.2) is 0 Å². The Morgan fingerprint density at radius 1 is 1.04 bits per heavy atom. The van der Waals surface area contributed by atoms with Crippen LogP contribution < -0.4 is 0 Å². The Bertz CT molecular complexity index is 753. The van der Waals surface area contributed by atoms with Crippen LogP contribution in [0.15, 0.2) is 23.3 Å². The fourth-order valence-electron chi connectivity index (χ4n) is 6.37. The van der Waals surface area contributed by atoms with Crippen LogP contribution in [0.5, 0.6) is 0 Å². The molecule has 0 aromatic rings. The molecular weight excluding hydrogens is 334 g/mol. The smallest absolute Gasteiger partial charge is 0.334 e. The van der Waals surface area contributed by atoms with Gasteiger partial charge in [0, 0.05) is 35.3 Å². The Labute approximate surface area is 153 Å². The highest BCUT2D eigenvalue weighted by Gasteiger charge is 2.70. The minimum absolute atomic E-state index is 0.0431. The summed E-state index contributed by atoms with van der Waals surface area (Å²) >= 11 is 0. The van der Waals surface area contributed by atoms with Crippen LogP contribution in [0.4, 0.5) is 0 Å². The molecule has 2 saturated heterocycles. The van der Waals surface area contributed by atoms with Gasteiger partial charge in [-0.2, -0.15) is 5.06 Å². The van der Waals surface area contributed by atoms with Gasteiger partial charge in [0.1, 0.15) is 0 Å². The number of carbonyl (C=O) groups excluding carboxylic acids is 2. The van der Waals surface area contributed by atoms with Crippen molar-refractivity contribution in [2.75, 3.05) is 14.2 Å². The van der Waals surface area contributed by atoms with Crippen molar-refractivity contribution in [2.45, 2.75) is 44.4 Å². The molecule has 2 bridgehead atoms. The first-order chi connectivity index (χ1) is 12.4. The summed E-state index contributed by atoms with van der Waals surface area (Å²) in [5, 5.41) is 2.20. The third kappa shape index (κ3) is 1.79. The highest BCUT2D eigenvalue weighted by Crippen LogP contribution is 2.66. The molecule has 1 saturated carbocycles. The van der Waals surface area contributed by atoms with Gasteiger partial charge in [-0.25, -0.2) is 9.59 Å². The Hall–Kier alpha value is -1.66. The van der Waals surface area contributed by atoms with Crippen LogP contribution in [-0.4, -0.2) is 48.9 Å². The van der Waals surface area contributed by atoms with E-state index in [2.05, 4.69) is 31.1 Å². The molecule has 0 spiro atoms. The summed E-state index contributed by atoms with van der Waals surface area (Å²) in [6, 6.07) is 0.407. The molecule has 0 N–H and O–H groups in total. The molecular formula is C20H25NO5. The summed E-state index contributed by atoms with van der Waals surface area (Å²) in [6.07, 6.45) is 6.54. The van der Waals surface area contributed by atoms with Gasteiger partial charge >= 0.3 is 11.9 Å². The lowest BCUT2D eigenvalue weighted by atomic mass is 9.45. The number of allylic oxidation sites excluding steroid dienone is 2. The molecule has 2 heterocycles. The largest absolute Gasteiger partial charge is 0.466 e. The second kappa shape index (κ2) is 5.20. The summed E-state index contributed by atoms with van der Waals surface area (Å²) in [5.41, 5.74) is 1.02. The summed E-state index contributed by atoms with van der Waals surface area (Å²) < 4.78 is 10.0. The first kappa shape index (κ1) is 16.5. The minimum atomic E-state index is -0.425. The molecule has 0 radical (unpaired) electrons. The molecule has 6 nitrogen and oxygen atoms in total. The molecule has 0 amide bonds. The van der Waals surface area contributed by atoms with E-state index in [4.69, 9.17) is 14.3 Å². The van der Waals surface area contributed by atoms with Gasteiger partial charge in [0.05, 0.1) is 31.5 Å². The van der Waals surface area contributed by atoms with Crippen LogP contribution >= 0.6 is 0 Å². The van der Waals surface area contributed by atoms with E-state index in [1.54, 1.807) is 0 Å². The van der Waals surface area contributed by atoms with E-state index >= 15 is 0 Å². The van der Waals surface area contributed by atoms with Gasteiger partial charge in [-0.1, -0.05) is 12.2 Å². The quantitative estimate of drug-likeness (QED) is 0.554. The third-order valence-electron chi connectivity index (χ3n) is 7.40. The molecule has 6 rings (SSSR count). The van der Waals surface area contributed by atoms with Crippen LogP contribution in [0.3, 0.4) is 0 Å². The normalized spacial score (nSPS) is 44.2. The first-order valence-corrected chi connectivity index (χ1v) is 9.46. The lowest BCUT2D eigenvalue weighted by Gasteiger charge is -2.59. The number of hydroxylamine groups is 2. The molecule has 7 atom stereocenters. The van der Waals surface area contributed by atoms with Crippen molar-refractivity contribution in [1.82, 2.24) is 5.06 Å². The maximum absolute atomic E-state index is 12.5. The zero-order valence-electron chi connectivity index (χ0n) is 15.6. The molecule has 140 valence electrons. The topological polar surface area (TPSA) is 65.1 Å². The summed E-state index contributed by atoms with van der Waals surface area (Å²) in [7, 11) is 2.74. The Morgan fingerprint density at radius 3 is 2.19 bits per heavy atom. The van der Waals surface area contributed by atoms with Crippen molar-refractivity contribution in [3.8, 4) is 0 Å². The second-order valence-electron chi connectivity index (χ2n) is 8.79. The minimum Gasteiger partial charge on any atom is -0.466 e. The zero-order chi connectivity index (χ0) is 18.4. The number of nitrogens with zero attached hydrogens (tertiary/aromatic N) is 1. The van der Waals surface area contributed by atoms with Gasteiger partial charge in [-0.15, -0.1) is 0 Å². The number of hydrogen-bond donors (Lipinski definition) is 0. The maximum Gasteiger partial charge on any atom is 0.334 e. The fraction of sp³-hybridized carbons (Fsp3) is 0.700. The number of ether oxygens (including phenoxy) is 2. The number of methoxy groups -OCH3 is 2. The molecule has 26 heavy (non-hydrogen) atoms. The lowest BCUT2D eigenvalue weighted by Crippen LogP contribution is -2.62. The molecule has 6 heteroatoms. The van der Waals surface area contributed by atoms with E-state index in [9.17, 15) is 9.59 Å². The average molecular weight is 359 g/mol. The van der Waals surface area contributed by atoms with Crippen molar-refractivity contribution in [1.29, 1.82) is 0 Å². The van der Waals surface area contributed by atoms with Gasteiger partial charge in [0.25, 0.3) is 0 Å². The Morgan fingerprint density at radius 2 is 1.62 bits per heavy atom. The second-order valence-corrected chi connectivity index (χ2v) is 8.79. The van der Waals surface area contributed by atoms with Gasteiger partial charge < -0.3 is 9.47 Å². The number of esters is 2. The van der Waals surface area contributed by atoms with Crippen molar-refractivity contribution >= 4 is 11.9 Å². The van der Waals surface area contributed by atoms with Gasteiger partial charge in [0.2, 0.25) is 0 Å². The summed E-state index contributed by atoms with van der Waals surface area (Å²) in [4.78, 5) is 31.4. The Kier molecular flexibility index (Phi) is 3.30. The predicted octanol–water partition coefficient (Wildman–Crippen LogP) is 1.86. The predicted molar refractivity (Wildman–Crippen MR) is 91.5 cm³/mol. The molecule has 0 aromatic heterocycles. The summed E-state index contributed by atoms with van der Waals surface area (Å²) in [6.45, 7) is 4.46. The number of carbonyl (C=O) groups is 2. The van der Waals surface area contributed by atoms with E-state index < -0.39 is 11.9 Å². The van der Waals surface area contributed by atoms with Crippen LogP contribution in [0.25, 0.3) is 0 Å². The SMILES string of the molecule is COC(=O)C1=C(C(=O)OC)[C@@H]2C=C[C@H]1[C@H]1[C@@H]3ON4C(CCC4(C)C)[C@@H]3[C@H]12. The Balaban J connectivity index is 1.56. The van der Waals surface area contributed by atoms with E-state index in [1.807, 2.05) is 0 Å². The fourth-order valence-corrected chi connectivity index (χ4v) is 6.37. The monoisotopic (exact) mass is 359 g/mol. The first-order valence-electron chi connectivity index (χ1n) is 9.46.